The van der Waals surface area contributed by atoms with E-state index < -0.39 is 0 Å². The molecule has 0 aliphatic rings. The maximum Gasteiger partial charge on any atom is 0.191 e. The Hall–Kier alpha value is -0.770. The van der Waals surface area contributed by atoms with E-state index in [0.29, 0.717) is 0 Å². The third-order valence-corrected chi connectivity index (χ3v) is 2.37. The molecule has 0 unspecified atom stereocenters. The lowest BCUT2D eigenvalue weighted by molar-refractivity contribution is 0.152. The highest BCUT2D eigenvalue weighted by atomic mass is 16.5. The van der Waals surface area contributed by atoms with E-state index in [4.69, 9.17) is 4.74 Å². The van der Waals surface area contributed by atoms with Crippen LogP contribution < -0.4 is 10.6 Å². The third-order valence-electron chi connectivity index (χ3n) is 2.37. The highest BCUT2D eigenvalue weighted by Gasteiger charge is 1.95. The molecule has 0 spiro atoms. The second kappa shape index (κ2) is 13.3. The van der Waals surface area contributed by atoms with Crippen molar-refractivity contribution in [3.8, 4) is 0 Å². The number of unbranched alkanes of at least 4 members (excludes halogenated alkanes) is 3. The first-order chi connectivity index (χ1) is 8.35. The molecule has 17 heavy (non-hydrogen) atoms. The van der Waals surface area contributed by atoms with Gasteiger partial charge in [-0.05, 0) is 20.3 Å². The van der Waals surface area contributed by atoms with Crippen LogP contribution in [0.5, 0.6) is 0 Å². The van der Waals surface area contributed by atoms with Crippen LogP contribution in [-0.4, -0.2) is 38.8 Å². The molecule has 0 aliphatic heterocycles. The Bertz CT molecular complexity index is 184. The minimum absolute atomic E-state index is 0.733. The van der Waals surface area contributed by atoms with Crippen LogP contribution in [0.15, 0.2) is 4.99 Å². The molecule has 0 rings (SSSR count). The van der Waals surface area contributed by atoms with Crippen molar-refractivity contribution in [2.75, 3.05) is 32.8 Å². The Morgan fingerprint density at radius 3 is 2.53 bits per heavy atom. The van der Waals surface area contributed by atoms with Crippen molar-refractivity contribution in [3.63, 3.8) is 0 Å². The lowest BCUT2D eigenvalue weighted by Gasteiger charge is -2.11. The zero-order valence-corrected chi connectivity index (χ0v) is 11.7. The van der Waals surface area contributed by atoms with Crippen LogP contribution in [0.4, 0.5) is 0 Å². The minimum atomic E-state index is 0.733. The number of hydrogen-bond acceptors (Lipinski definition) is 2. The minimum Gasteiger partial charge on any atom is -0.380 e. The summed E-state index contributed by atoms with van der Waals surface area (Å²) in [6.07, 6.45) is 5.04. The fraction of sp³-hybridized carbons (Fsp3) is 0.923. The van der Waals surface area contributed by atoms with Crippen LogP contribution in [0.1, 0.15) is 46.5 Å². The topological polar surface area (TPSA) is 45.7 Å². The number of guanidine groups is 1. The molecule has 0 aromatic rings. The van der Waals surface area contributed by atoms with Gasteiger partial charge < -0.3 is 15.4 Å². The van der Waals surface area contributed by atoms with Crippen molar-refractivity contribution in [1.82, 2.24) is 10.6 Å². The molecule has 0 saturated carbocycles. The van der Waals surface area contributed by atoms with E-state index in [1.807, 2.05) is 6.92 Å². The van der Waals surface area contributed by atoms with Gasteiger partial charge in [0.25, 0.3) is 0 Å². The lowest BCUT2D eigenvalue weighted by Crippen LogP contribution is -2.39. The molecule has 0 heterocycles. The number of nitrogens with one attached hydrogen (secondary N) is 2. The number of ether oxygens (including phenoxy) is 1. The highest BCUT2D eigenvalue weighted by molar-refractivity contribution is 5.79. The lowest BCUT2D eigenvalue weighted by atomic mass is 10.2. The number of hydrogen-bond donors (Lipinski definition) is 2. The summed E-state index contributed by atoms with van der Waals surface area (Å²) in [5.41, 5.74) is 0. The molecule has 0 atom stereocenters. The molecular formula is C13H29N3O. The van der Waals surface area contributed by atoms with Crippen LogP contribution in [-0.2, 0) is 4.74 Å². The van der Waals surface area contributed by atoms with Crippen molar-refractivity contribution >= 4 is 5.96 Å². The molecular weight excluding hydrogens is 214 g/mol. The van der Waals surface area contributed by atoms with E-state index in [-0.39, 0.29) is 0 Å². The van der Waals surface area contributed by atoms with E-state index in [1.165, 1.54) is 25.7 Å². The predicted octanol–water partition coefficient (Wildman–Crippen LogP) is 2.16. The van der Waals surface area contributed by atoms with Gasteiger partial charge in [0.1, 0.15) is 0 Å². The van der Waals surface area contributed by atoms with E-state index in [0.717, 1.165) is 38.8 Å². The smallest absolute Gasteiger partial charge is 0.191 e. The van der Waals surface area contributed by atoms with E-state index in [2.05, 4.69) is 29.5 Å². The maximum absolute atomic E-state index is 5.27. The molecule has 0 radical (unpaired) electrons. The molecule has 102 valence electrons. The van der Waals surface area contributed by atoms with Crippen molar-refractivity contribution in [2.45, 2.75) is 46.5 Å². The second-order valence-electron chi connectivity index (χ2n) is 3.95. The Morgan fingerprint density at radius 2 is 1.88 bits per heavy atom. The summed E-state index contributed by atoms with van der Waals surface area (Å²) in [5.74, 6) is 0.906. The molecule has 0 fully saturated rings. The van der Waals surface area contributed by atoms with Crippen molar-refractivity contribution < 1.29 is 4.74 Å². The second-order valence-corrected chi connectivity index (χ2v) is 3.95. The number of rotatable bonds is 10. The largest absolute Gasteiger partial charge is 0.380 e. The summed E-state index contributed by atoms with van der Waals surface area (Å²) in [6, 6.07) is 0. The Labute approximate surface area is 106 Å². The molecule has 0 aromatic heterocycles. The SMILES string of the molecule is CCCCCCN=C(NCC)NCCOCC. The molecule has 4 nitrogen and oxygen atoms in total. The van der Waals surface area contributed by atoms with E-state index in [1.54, 1.807) is 0 Å². The predicted molar refractivity (Wildman–Crippen MR) is 74.6 cm³/mol. The van der Waals surface area contributed by atoms with Crippen LogP contribution >= 0.6 is 0 Å². The number of nitrogens with zero attached hydrogens (tertiary/aromatic N) is 1. The average molecular weight is 243 g/mol. The molecule has 0 aliphatic carbocycles. The van der Waals surface area contributed by atoms with Gasteiger partial charge in [0.2, 0.25) is 0 Å². The van der Waals surface area contributed by atoms with Gasteiger partial charge in [-0.3, -0.25) is 4.99 Å². The quantitative estimate of drug-likeness (QED) is 0.351. The van der Waals surface area contributed by atoms with Gasteiger partial charge in [0.15, 0.2) is 5.96 Å². The molecule has 0 amide bonds. The first-order valence-corrected chi connectivity index (χ1v) is 6.95. The third kappa shape index (κ3) is 11.5. The van der Waals surface area contributed by atoms with Crippen molar-refractivity contribution in [1.29, 1.82) is 0 Å². The van der Waals surface area contributed by atoms with Crippen LogP contribution in [0.3, 0.4) is 0 Å². The van der Waals surface area contributed by atoms with Gasteiger partial charge >= 0.3 is 0 Å². The maximum atomic E-state index is 5.27. The first-order valence-electron chi connectivity index (χ1n) is 6.95. The summed E-state index contributed by atoms with van der Waals surface area (Å²) >= 11 is 0. The molecule has 0 aromatic carbocycles. The summed E-state index contributed by atoms with van der Waals surface area (Å²) < 4.78 is 5.27. The zero-order valence-electron chi connectivity index (χ0n) is 11.7. The van der Waals surface area contributed by atoms with Crippen molar-refractivity contribution in [2.24, 2.45) is 4.99 Å². The summed E-state index contributed by atoms with van der Waals surface area (Å²) in [4.78, 5) is 4.52. The zero-order chi connectivity index (χ0) is 12.8. The van der Waals surface area contributed by atoms with Gasteiger partial charge in [-0.2, -0.15) is 0 Å². The van der Waals surface area contributed by atoms with Gasteiger partial charge in [0, 0.05) is 26.2 Å². The fourth-order valence-corrected chi connectivity index (χ4v) is 1.46. The van der Waals surface area contributed by atoms with Gasteiger partial charge in [-0.1, -0.05) is 26.2 Å². The Morgan fingerprint density at radius 1 is 1.06 bits per heavy atom. The monoisotopic (exact) mass is 243 g/mol. The first kappa shape index (κ1) is 16.2. The Kier molecular flexibility index (Phi) is 12.7. The fourth-order valence-electron chi connectivity index (χ4n) is 1.46. The standard InChI is InChI=1S/C13H29N3O/c1-4-7-8-9-10-15-13(14-5-2)16-11-12-17-6-3/h4-12H2,1-3H3,(H2,14,15,16). The Balaban J connectivity index is 3.66. The summed E-state index contributed by atoms with van der Waals surface area (Å²) in [7, 11) is 0. The molecule has 0 bridgehead atoms. The molecule has 4 heteroatoms. The normalized spacial score (nSPS) is 11.6. The van der Waals surface area contributed by atoms with E-state index in [9.17, 15) is 0 Å². The highest BCUT2D eigenvalue weighted by Crippen LogP contribution is 1.98. The summed E-state index contributed by atoms with van der Waals surface area (Å²) in [6.45, 7) is 10.4. The van der Waals surface area contributed by atoms with Gasteiger partial charge in [-0.15, -0.1) is 0 Å². The van der Waals surface area contributed by atoms with Crippen LogP contribution in [0, 0.1) is 0 Å². The summed E-state index contributed by atoms with van der Waals surface area (Å²) in [5, 5.41) is 6.49. The van der Waals surface area contributed by atoms with Crippen LogP contribution in [0.25, 0.3) is 0 Å². The van der Waals surface area contributed by atoms with Gasteiger partial charge in [0.05, 0.1) is 6.61 Å². The van der Waals surface area contributed by atoms with Crippen LogP contribution in [0.2, 0.25) is 0 Å². The molecule has 2 N–H and O–H groups in total. The van der Waals surface area contributed by atoms with Gasteiger partial charge in [-0.25, -0.2) is 0 Å². The number of aliphatic imine (C=N–C) groups is 1. The van der Waals surface area contributed by atoms with Crippen molar-refractivity contribution in [3.05, 3.63) is 0 Å². The molecule has 0 saturated heterocycles. The average Bonchev–Trinajstić information content (AvgIpc) is 2.34. The van der Waals surface area contributed by atoms with E-state index >= 15 is 0 Å².